The van der Waals surface area contributed by atoms with Gasteiger partial charge in [-0.3, -0.25) is 0 Å². The lowest BCUT2D eigenvalue weighted by molar-refractivity contribution is 0.620. The Morgan fingerprint density at radius 3 is 2.38 bits per heavy atom. The van der Waals surface area contributed by atoms with E-state index < -0.39 is 0 Å². The third kappa shape index (κ3) is 4.09. The van der Waals surface area contributed by atoms with Gasteiger partial charge in [-0.2, -0.15) is 0 Å². The maximum Gasteiger partial charge on any atom is 0.0314 e. The minimum absolute atomic E-state index is 0.647. The summed E-state index contributed by atoms with van der Waals surface area (Å²) in [5.74, 6) is 0.647. The molecule has 1 heteroatoms. The third-order valence-corrected chi connectivity index (χ3v) is 2.87. The number of benzene rings is 1. The van der Waals surface area contributed by atoms with Crippen molar-refractivity contribution in [2.75, 3.05) is 5.73 Å². The van der Waals surface area contributed by atoms with E-state index in [1.54, 1.807) is 0 Å². The molecule has 0 bridgehead atoms. The Kier molecular flexibility index (Phi) is 5.69. The van der Waals surface area contributed by atoms with Crippen LogP contribution >= 0.6 is 0 Å². The number of nitrogens with two attached hydrogens (primary N) is 1. The van der Waals surface area contributed by atoms with Crippen LogP contribution in [0.15, 0.2) is 36.4 Å². The lowest BCUT2D eigenvalue weighted by Gasteiger charge is -2.14. The van der Waals surface area contributed by atoms with Crippen LogP contribution in [0.2, 0.25) is 0 Å². The summed E-state index contributed by atoms with van der Waals surface area (Å²) in [7, 11) is 0. The van der Waals surface area contributed by atoms with E-state index in [0.717, 1.165) is 18.5 Å². The standard InChI is InChI=1S/C15H23N/c1-3-5-6-8-13(7-4-2)14-9-11-15(16)12-10-14/h5-6,9-13H,3-4,7-8,16H2,1-2H3/b6-5-. The fourth-order valence-corrected chi connectivity index (χ4v) is 1.96. The van der Waals surface area contributed by atoms with Gasteiger partial charge in [-0.05, 0) is 42.9 Å². The van der Waals surface area contributed by atoms with Crippen LogP contribution in [0.3, 0.4) is 0 Å². The molecule has 2 N–H and O–H groups in total. The largest absolute Gasteiger partial charge is 0.399 e. The number of hydrogen-bond donors (Lipinski definition) is 1. The van der Waals surface area contributed by atoms with Gasteiger partial charge in [0.1, 0.15) is 0 Å². The predicted octanol–water partition coefficient (Wildman–Crippen LogP) is 4.51. The van der Waals surface area contributed by atoms with Crippen LogP contribution in [0, 0.1) is 0 Å². The van der Waals surface area contributed by atoms with E-state index in [0.29, 0.717) is 5.92 Å². The molecule has 1 unspecified atom stereocenters. The van der Waals surface area contributed by atoms with Gasteiger partial charge in [0.05, 0.1) is 0 Å². The van der Waals surface area contributed by atoms with Crippen LogP contribution in [0.5, 0.6) is 0 Å². The molecule has 0 aliphatic carbocycles. The maximum absolute atomic E-state index is 5.71. The molecule has 1 nitrogen and oxygen atoms in total. The molecule has 1 aromatic carbocycles. The second-order valence-electron chi connectivity index (χ2n) is 4.27. The van der Waals surface area contributed by atoms with Crippen molar-refractivity contribution in [1.29, 1.82) is 0 Å². The van der Waals surface area contributed by atoms with Crippen molar-refractivity contribution in [3.05, 3.63) is 42.0 Å². The molecule has 0 saturated heterocycles. The van der Waals surface area contributed by atoms with Crippen LogP contribution in [0.4, 0.5) is 5.69 Å². The Morgan fingerprint density at radius 1 is 1.12 bits per heavy atom. The van der Waals surface area contributed by atoms with Crippen molar-refractivity contribution in [3.63, 3.8) is 0 Å². The molecule has 0 radical (unpaired) electrons. The summed E-state index contributed by atoms with van der Waals surface area (Å²) in [6.45, 7) is 4.42. The zero-order valence-electron chi connectivity index (χ0n) is 10.4. The first kappa shape index (κ1) is 12.8. The first-order valence-corrected chi connectivity index (χ1v) is 6.28. The molecule has 0 aliphatic heterocycles. The molecular formula is C15H23N. The molecule has 0 heterocycles. The monoisotopic (exact) mass is 217 g/mol. The average molecular weight is 217 g/mol. The lowest BCUT2D eigenvalue weighted by atomic mass is 9.91. The normalized spacial score (nSPS) is 13.1. The molecule has 0 saturated carbocycles. The Balaban J connectivity index is 2.68. The van der Waals surface area contributed by atoms with Gasteiger partial charge in [0.15, 0.2) is 0 Å². The summed E-state index contributed by atoms with van der Waals surface area (Å²) < 4.78 is 0. The summed E-state index contributed by atoms with van der Waals surface area (Å²) in [6.07, 6.45) is 9.30. The summed E-state index contributed by atoms with van der Waals surface area (Å²) in [5, 5.41) is 0. The molecule has 0 aliphatic rings. The van der Waals surface area contributed by atoms with Crippen LogP contribution in [-0.4, -0.2) is 0 Å². The minimum Gasteiger partial charge on any atom is -0.399 e. The molecule has 88 valence electrons. The average Bonchev–Trinajstić information content (AvgIpc) is 2.29. The van der Waals surface area contributed by atoms with Crippen molar-refractivity contribution < 1.29 is 0 Å². The Bertz CT molecular complexity index is 311. The lowest BCUT2D eigenvalue weighted by Crippen LogP contribution is -1.97. The van der Waals surface area contributed by atoms with E-state index in [1.807, 2.05) is 12.1 Å². The zero-order chi connectivity index (χ0) is 11.8. The van der Waals surface area contributed by atoms with Crippen molar-refractivity contribution in [3.8, 4) is 0 Å². The van der Waals surface area contributed by atoms with Gasteiger partial charge in [0, 0.05) is 5.69 Å². The number of anilines is 1. The van der Waals surface area contributed by atoms with E-state index in [9.17, 15) is 0 Å². The SMILES string of the molecule is CC/C=C\CC(CCC)c1ccc(N)cc1. The Labute approximate surface area is 99.4 Å². The summed E-state index contributed by atoms with van der Waals surface area (Å²) >= 11 is 0. The summed E-state index contributed by atoms with van der Waals surface area (Å²) in [5.41, 5.74) is 7.97. The van der Waals surface area contributed by atoms with Gasteiger partial charge in [0.25, 0.3) is 0 Å². The van der Waals surface area contributed by atoms with Gasteiger partial charge in [-0.1, -0.05) is 44.6 Å². The highest BCUT2D eigenvalue weighted by molar-refractivity contribution is 5.40. The Hall–Kier alpha value is -1.24. The first-order valence-electron chi connectivity index (χ1n) is 6.28. The van der Waals surface area contributed by atoms with Gasteiger partial charge in [-0.15, -0.1) is 0 Å². The second-order valence-corrected chi connectivity index (χ2v) is 4.27. The molecule has 0 spiro atoms. The smallest absolute Gasteiger partial charge is 0.0314 e. The van der Waals surface area contributed by atoms with Crippen molar-refractivity contribution in [2.45, 2.75) is 45.4 Å². The predicted molar refractivity (Wildman–Crippen MR) is 72.6 cm³/mol. The van der Waals surface area contributed by atoms with Gasteiger partial charge < -0.3 is 5.73 Å². The minimum atomic E-state index is 0.647. The molecular weight excluding hydrogens is 194 g/mol. The summed E-state index contributed by atoms with van der Waals surface area (Å²) in [6, 6.07) is 8.33. The molecule has 0 fully saturated rings. The van der Waals surface area contributed by atoms with Crippen molar-refractivity contribution >= 4 is 5.69 Å². The van der Waals surface area contributed by atoms with Crippen LogP contribution in [-0.2, 0) is 0 Å². The molecule has 1 rings (SSSR count). The van der Waals surface area contributed by atoms with E-state index in [2.05, 4.69) is 38.1 Å². The number of allylic oxidation sites excluding steroid dienone is 2. The summed E-state index contributed by atoms with van der Waals surface area (Å²) in [4.78, 5) is 0. The Morgan fingerprint density at radius 2 is 1.81 bits per heavy atom. The van der Waals surface area contributed by atoms with Crippen molar-refractivity contribution in [1.82, 2.24) is 0 Å². The van der Waals surface area contributed by atoms with E-state index in [-0.39, 0.29) is 0 Å². The quantitative estimate of drug-likeness (QED) is 0.550. The number of nitrogen functional groups attached to an aromatic ring is 1. The van der Waals surface area contributed by atoms with Crippen LogP contribution in [0.25, 0.3) is 0 Å². The molecule has 16 heavy (non-hydrogen) atoms. The fourth-order valence-electron chi connectivity index (χ4n) is 1.96. The van der Waals surface area contributed by atoms with Crippen molar-refractivity contribution in [2.24, 2.45) is 0 Å². The van der Waals surface area contributed by atoms with Crippen LogP contribution < -0.4 is 5.73 Å². The number of hydrogen-bond acceptors (Lipinski definition) is 1. The van der Waals surface area contributed by atoms with E-state index >= 15 is 0 Å². The highest BCUT2D eigenvalue weighted by Gasteiger charge is 2.08. The fraction of sp³-hybridized carbons (Fsp3) is 0.467. The van der Waals surface area contributed by atoms with Gasteiger partial charge in [-0.25, -0.2) is 0 Å². The number of rotatable bonds is 6. The zero-order valence-corrected chi connectivity index (χ0v) is 10.4. The topological polar surface area (TPSA) is 26.0 Å². The molecule has 0 amide bonds. The van der Waals surface area contributed by atoms with Crippen LogP contribution in [0.1, 0.15) is 51.0 Å². The highest BCUT2D eigenvalue weighted by Crippen LogP contribution is 2.26. The third-order valence-electron chi connectivity index (χ3n) is 2.87. The maximum atomic E-state index is 5.71. The molecule has 0 aromatic heterocycles. The van der Waals surface area contributed by atoms with Gasteiger partial charge >= 0.3 is 0 Å². The van der Waals surface area contributed by atoms with E-state index in [1.165, 1.54) is 18.4 Å². The molecule has 1 atom stereocenters. The second kappa shape index (κ2) is 7.10. The highest BCUT2D eigenvalue weighted by atomic mass is 14.5. The van der Waals surface area contributed by atoms with Gasteiger partial charge in [0.2, 0.25) is 0 Å². The first-order chi connectivity index (χ1) is 7.77. The van der Waals surface area contributed by atoms with E-state index in [4.69, 9.17) is 5.73 Å². The molecule has 1 aromatic rings.